The monoisotopic (exact) mass is 420 g/mol. The number of hydrogen-bond donors (Lipinski definition) is 0. The lowest BCUT2D eigenvalue weighted by Gasteiger charge is -2.37. The first-order valence-electron chi connectivity index (χ1n) is 9.92. The number of sulfone groups is 1. The summed E-state index contributed by atoms with van der Waals surface area (Å²) in [4.78, 5) is 5.80. The first kappa shape index (κ1) is 21.2. The van der Waals surface area contributed by atoms with Crippen LogP contribution in [0.3, 0.4) is 0 Å². The van der Waals surface area contributed by atoms with Crippen LogP contribution in [0.1, 0.15) is 30.9 Å². The Morgan fingerprint density at radius 3 is 2.39 bits per heavy atom. The van der Waals surface area contributed by atoms with Crippen molar-refractivity contribution >= 4 is 27.9 Å². The molecule has 0 unspecified atom stereocenters. The molecular formula is C22H29ClN2O2S. The van der Waals surface area contributed by atoms with Crippen molar-refractivity contribution in [2.75, 3.05) is 31.1 Å². The smallest absolute Gasteiger partial charge is 0.206 e. The summed E-state index contributed by atoms with van der Waals surface area (Å²) in [6.45, 7) is 8.59. The zero-order chi connectivity index (χ0) is 19.0. The molecule has 0 bridgehead atoms. The highest BCUT2D eigenvalue weighted by molar-refractivity contribution is 7.91. The highest BCUT2D eigenvalue weighted by Crippen LogP contribution is 2.35. The second-order valence-electron chi connectivity index (χ2n) is 7.72. The molecule has 0 saturated carbocycles. The lowest BCUT2D eigenvalue weighted by atomic mass is 10.0. The van der Waals surface area contributed by atoms with Gasteiger partial charge in [0.15, 0.2) is 0 Å². The molecule has 0 atom stereocenters. The van der Waals surface area contributed by atoms with E-state index in [-0.39, 0.29) is 12.4 Å². The van der Waals surface area contributed by atoms with Crippen molar-refractivity contribution in [3.8, 4) is 0 Å². The normalized spacial score (nSPS) is 18.0. The fourth-order valence-corrected chi connectivity index (χ4v) is 5.83. The number of halogens is 1. The second kappa shape index (κ2) is 8.44. The van der Waals surface area contributed by atoms with Crippen LogP contribution in [0.5, 0.6) is 0 Å². The molecule has 6 heteroatoms. The molecule has 2 aliphatic rings. The van der Waals surface area contributed by atoms with Crippen molar-refractivity contribution in [3.63, 3.8) is 0 Å². The molecule has 2 aromatic carbocycles. The van der Waals surface area contributed by atoms with E-state index in [0.29, 0.717) is 15.8 Å². The van der Waals surface area contributed by atoms with Crippen LogP contribution < -0.4 is 4.90 Å². The van der Waals surface area contributed by atoms with Gasteiger partial charge in [-0.3, -0.25) is 0 Å². The summed E-state index contributed by atoms with van der Waals surface area (Å²) in [6.07, 6.45) is 3.31. The fourth-order valence-electron chi connectivity index (χ4n) is 4.42. The predicted molar refractivity (Wildman–Crippen MR) is 117 cm³/mol. The van der Waals surface area contributed by atoms with E-state index in [0.717, 1.165) is 38.2 Å². The number of benzene rings is 2. The SMILES string of the molecule is CCN1CCC(N2CCc3cc(S(=O)(=O)c4cccc(C)c4)ccc32)CC1.Cl. The number of piperidine rings is 1. The van der Waals surface area contributed by atoms with Crippen LogP contribution in [0.2, 0.25) is 0 Å². The largest absolute Gasteiger partial charge is 0.368 e. The van der Waals surface area contributed by atoms with Crippen molar-refractivity contribution in [1.29, 1.82) is 0 Å². The molecular weight excluding hydrogens is 392 g/mol. The summed E-state index contributed by atoms with van der Waals surface area (Å²) < 4.78 is 26.0. The molecule has 4 rings (SSSR count). The minimum Gasteiger partial charge on any atom is -0.368 e. The molecule has 1 fully saturated rings. The molecule has 2 aliphatic heterocycles. The number of rotatable bonds is 4. The van der Waals surface area contributed by atoms with Crippen LogP contribution in [0.4, 0.5) is 5.69 Å². The third kappa shape index (κ3) is 3.93. The van der Waals surface area contributed by atoms with Gasteiger partial charge in [0.2, 0.25) is 9.84 Å². The molecule has 0 amide bonds. The Labute approximate surface area is 174 Å². The zero-order valence-corrected chi connectivity index (χ0v) is 18.2. The van der Waals surface area contributed by atoms with Crippen LogP contribution in [0, 0.1) is 6.92 Å². The summed E-state index contributed by atoms with van der Waals surface area (Å²) in [6, 6.07) is 13.4. The van der Waals surface area contributed by atoms with Gasteiger partial charge in [0.05, 0.1) is 9.79 Å². The molecule has 0 aromatic heterocycles. The predicted octanol–water partition coefficient (Wildman–Crippen LogP) is 4.10. The molecule has 0 spiro atoms. The Morgan fingerprint density at radius 1 is 1.00 bits per heavy atom. The molecule has 2 heterocycles. The molecule has 28 heavy (non-hydrogen) atoms. The Kier molecular flexibility index (Phi) is 6.37. The van der Waals surface area contributed by atoms with E-state index < -0.39 is 9.84 Å². The maximum atomic E-state index is 13.0. The number of aryl methyl sites for hydroxylation is 1. The van der Waals surface area contributed by atoms with E-state index in [1.807, 2.05) is 25.1 Å². The van der Waals surface area contributed by atoms with Crippen LogP contribution >= 0.6 is 12.4 Å². The lowest BCUT2D eigenvalue weighted by molar-refractivity contribution is 0.219. The highest BCUT2D eigenvalue weighted by atomic mass is 35.5. The average Bonchev–Trinajstić information content (AvgIpc) is 3.11. The quantitative estimate of drug-likeness (QED) is 0.746. The highest BCUT2D eigenvalue weighted by Gasteiger charge is 2.30. The van der Waals surface area contributed by atoms with E-state index in [2.05, 4.69) is 16.7 Å². The Bertz CT molecular complexity index is 937. The first-order valence-corrected chi connectivity index (χ1v) is 11.4. The molecule has 0 N–H and O–H groups in total. The number of fused-ring (bicyclic) bond motifs is 1. The molecule has 1 saturated heterocycles. The van der Waals surface area contributed by atoms with Crippen molar-refractivity contribution in [3.05, 3.63) is 53.6 Å². The number of likely N-dealkylation sites (tertiary alicyclic amines) is 1. The molecule has 0 aliphatic carbocycles. The van der Waals surface area contributed by atoms with Crippen molar-refractivity contribution < 1.29 is 8.42 Å². The third-order valence-corrected chi connectivity index (χ3v) is 7.79. The molecule has 152 valence electrons. The number of hydrogen-bond acceptors (Lipinski definition) is 4. The van der Waals surface area contributed by atoms with Gasteiger partial charge in [0, 0.05) is 31.4 Å². The van der Waals surface area contributed by atoms with Crippen molar-refractivity contribution in [2.45, 2.75) is 48.9 Å². The van der Waals surface area contributed by atoms with E-state index in [4.69, 9.17) is 0 Å². The van der Waals surface area contributed by atoms with Crippen LogP contribution in [-0.4, -0.2) is 45.5 Å². The number of nitrogens with zero attached hydrogens (tertiary/aromatic N) is 2. The first-order chi connectivity index (χ1) is 13.0. The van der Waals surface area contributed by atoms with Crippen LogP contribution in [0.15, 0.2) is 52.3 Å². The van der Waals surface area contributed by atoms with E-state index >= 15 is 0 Å². The van der Waals surface area contributed by atoms with Gasteiger partial charge in [0.1, 0.15) is 0 Å². The minimum absolute atomic E-state index is 0. The standard InChI is InChI=1S/C22H28N2O2S.ClH/c1-3-23-12-10-19(11-13-23)24-14-9-18-16-21(7-8-22(18)24)27(25,26)20-6-4-5-17(2)15-20;/h4-8,15-16,19H,3,9-14H2,1-2H3;1H. The summed E-state index contributed by atoms with van der Waals surface area (Å²) >= 11 is 0. The fraction of sp³-hybridized carbons (Fsp3) is 0.455. The Balaban J connectivity index is 0.00000225. The van der Waals surface area contributed by atoms with E-state index in [1.165, 1.54) is 24.1 Å². The lowest BCUT2D eigenvalue weighted by Crippen LogP contribution is -2.44. The van der Waals surface area contributed by atoms with Gasteiger partial charge in [0.25, 0.3) is 0 Å². The summed E-state index contributed by atoms with van der Waals surface area (Å²) in [5.41, 5.74) is 3.36. The topological polar surface area (TPSA) is 40.6 Å². The van der Waals surface area contributed by atoms with Crippen molar-refractivity contribution in [1.82, 2.24) is 4.90 Å². The number of anilines is 1. The van der Waals surface area contributed by atoms with Crippen LogP contribution in [-0.2, 0) is 16.3 Å². The molecule has 0 radical (unpaired) electrons. The summed E-state index contributed by atoms with van der Waals surface area (Å²) in [5.74, 6) is 0. The maximum Gasteiger partial charge on any atom is 0.206 e. The summed E-state index contributed by atoms with van der Waals surface area (Å²) in [7, 11) is -3.46. The molecule has 2 aromatic rings. The van der Waals surface area contributed by atoms with Gasteiger partial charge in [-0.1, -0.05) is 19.1 Å². The van der Waals surface area contributed by atoms with Gasteiger partial charge in [-0.15, -0.1) is 12.4 Å². The van der Waals surface area contributed by atoms with Gasteiger partial charge < -0.3 is 9.80 Å². The Hall–Kier alpha value is -1.56. The van der Waals surface area contributed by atoms with E-state index in [9.17, 15) is 8.42 Å². The van der Waals surface area contributed by atoms with Gasteiger partial charge in [-0.25, -0.2) is 8.42 Å². The van der Waals surface area contributed by atoms with Crippen LogP contribution in [0.25, 0.3) is 0 Å². The molecule has 4 nitrogen and oxygen atoms in total. The van der Waals surface area contributed by atoms with E-state index in [1.54, 1.807) is 24.3 Å². The Morgan fingerprint density at radius 2 is 1.71 bits per heavy atom. The average molecular weight is 421 g/mol. The maximum absolute atomic E-state index is 13.0. The minimum atomic E-state index is -3.46. The van der Waals surface area contributed by atoms with Gasteiger partial charge >= 0.3 is 0 Å². The summed E-state index contributed by atoms with van der Waals surface area (Å²) in [5, 5.41) is 0. The second-order valence-corrected chi connectivity index (χ2v) is 9.67. The van der Waals surface area contributed by atoms with Crippen molar-refractivity contribution in [2.24, 2.45) is 0 Å². The third-order valence-electron chi connectivity index (χ3n) is 6.04. The van der Waals surface area contributed by atoms with Gasteiger partial charge in [-0.2, -0.15) is 0 Å². The zero-order valence-electron chi connectivity index (χ0n) is 16.6. The van der Waals surface area contributed by atoms with Gasteiger partial charge in [-0.05, 0) is 74.2 Å².